The molecule has 0 bridgehead atoms. The fourth-order valence-electron chi connectivity index (χ4n) is 2.88. The molecule has 0 saturated carbocycles. The molecule has 1 aromatic carbocycles. The van der Waals surface area contributed by atoms with Crippen LogP contribution in [0.2, 0.25) is 0 Å². The molecule has 1 aromatic rings. The molecule has 1 N–H and O–H groups in total. The molecule has 0 spiro atoms. The molecule has 6 heteroatoms. The Morgan fingerprint density at radius 3 is 2.42 bits per heavy atom. The van der Waals surface area contributed by atoms with Crippen LogP contribution in [-0.4, -0.2) is 25.8 Å². The van der Waals surface area contributed by atoms with Gasteiger partial charge in [-0.1, -0.05) is 45.0 Å². The molecule has 24 heavy (non-hydrogen) atoms. The number of nitrogens with zero attached hydrogens (tertiary/aromatic N) is 1. The number of benzene rings is 1. The van der Waals surface area contributed by atoms with Crippen molar-refractivity contribution in [1.82, 2.24) is 5.32 Å². The lowest BCUT2D eigenvalue weighted by atomic mass is 9.86. The monoisotopic (exact) mass is 348 g/mol. The van der Waals surface area contributed by atoms with Gasteiger partial charge in [-0.05, 0) is 28.9 Å². The van der Waals surface area contributed by atoms with E-state index in [0.717, 1.165) is 11.1 Å². The van der Waals surface area contributed by atoms with Crippen LogP contribution in [0, 0.1) is 17.2 Å². The Hall–Kier alpha value is -1.87. The fraction of sp³-hybridized carbons (Fsp3) is 0.556. The Bertz CT molecular complexity index is 740. The van der Waals surface area contributed by atoms with Crippen molar-refractivity contribution in [2.75, 3.05) is 11.5 Å². The van der Waals surface area contributed by atoms with E-state index in [1.165, 1.54) is 0 Å². The van der Waals surface area contributed by atoms with Gasteiger partial charge >= 0.3 is 0 Å². The number of nitriles is 1. The highest BCUT2D eigenvalue weighted by molar-refractivity contribution is 7.91. The molecule has 2 atom stereocenters. The number of sulfone groups is 1. The molecular formula is C18H24N2O3S. The molecule has 130 valence electrons. The second-order valence-corrected chi connectivity index (χ2v) is 9.70. The molecular weight excluding hydrogens is 324 g/mol. The van der Waals surface area contributed by atoms with Gasteiger partial charge in [-0.25, -0.2) is 8.42 Å². The van der Waals surface area contributed by atoms with Gasteiger partial charge in [0.05, 0.1) is 17.6 Å². The van der Waals surface area contributed by atoms with E-state index in [1.807, 2.05) is 24.3 Å². The van der Waals surface area contributed by atoms with E-state index < -0.39 is 15.9 Å². The number of hydrogen-bond donors (Lipinski definition) is 1. The first-order valence-corrected chi connectivity index (χ1v) is 9.93. The highest BCUT2D eigenvalue weighted by Gasteiger charge is 2.30. The summed E-state index contributed by atoms with van der Waals surface area (Å²) in [5.74, 6) is -0.195. The zero-order chi connectivity index (χ0) is 18.0. The summed E-state index contributed by atoms with van der Waals surface area (Å²) >= 11 is 0. The highest BCUT2D eigenvalue weighted by Crippen LogP contribution is 2.25. The Morgan fingerprint density at radius 2 is 1.96 bits per heavy atom. The Morgan fingerprint density at radius 1 is 1.33 bits per heavy atom. The van der Waals surface area contributed by atoms with Crippen molar-refractivity contribution in [3.63, 3.8) is 0 Å². The minimum absolute atomic E-state index is 0.0257. The summed E-state index contributed by atoms with van der Waals surface area (Å²) < 4.78 is 22.9. The third-order valence-corrected chi connectivity index (χ3v) is 6.18. The fourth-order valence-corrected chi connectivity index (χ4v) is 4.74. The SMILES string of the molecule is CC(C)(C)c1ccc([C@H](C#N)NC(=O)C[C@@H]2CCS(=O)(=O)C2)cc1. The second-order valence-electron chi connectivity index (χ2n) is 7.47. The number of rotatable bonds is 4. The van der Waals surface area contributed by atoms with Crippen LogP contribution in [-0.2, 0) is 20.0 Å². The summed E-state index contributed by atoms with van der Waals surface area (Å²) in [7, 11) is -2.99. The van der Waals surface area contributed by atoms with E-state index in [-0.39, 0.29) is 35.2 Å². The third-order valence-electron chi connectivity index (χ3n) is 4.35. The largest absolute Gasteiger partial charge is 0.337 e. The van der Waals surface area contributed by atoms with Gasteiger partial charge in [0.2, 0.25) is 5.91 Å². The Balaban J connectivity index is 1.99. The smallest absolute Gasteiger partial charge is 0.221 e. The minimum atomic E-state index is -2.99. The van der Waals surface area contributed by atoms with Crippen LogP contribution in [0.25, 0.3) is 0 Å². The van der Waals surface area contributed by atoms with E-state index in [2.05, 4.69) is 32.2 Å². The van der Waals surface area contributed by atoms with Crippen molar-refractivity contribution in [2.45, 2.75) is 45.1 Å². The van der Waals surface area contributed by atoms with E-state index >= 15 is 0 Å². The molecule has 0 aromatic heterocycles. The van der Waals surface area contributed by atoms with Crippen LogP contribution in [0.4, 0.5) is 0 Å². The van der Waals surface area contributed by atoms with E-state index in [0.29, 0.717) is 6.42 Å². The first-order valence-electron chi connectivity index (χ1n) is 8.10. The maximum Gasteiger partial charge on any atom is 0.221 e. The van der Waals surface area contributed by atoms with Crippen molar-refractivity contribution >= 4 is 15.7 Å². The van der Waals surface area contributed by atoms with Crippen LogP contribution in [0.3, 0.4) is 0 Å². The molecule has 2 rings (SSSR count). The molecule has 5 nitrogen and oxygen atoms in total. The van der Waals surface area contributed by atoms with Gasteiger partial charge in [0.15, 0.2) is 9.84 Å². The predicted molar refractivity (Wildman–Crippen MR) is 93.0 cm³/mol. The third kappa shape index (κ3) is 4.81. The van der Waals surface area contributed by atoms with Crippen LogP contribution in [0.1, 0.15) is 50.8 Å². The summed E-state index contributed by atoms with van der Waals surface area (Å²) in [6.07, 6.45) is 0.671. The minimum Gasteiger partial charge on any atom is -0.337 e. The standard InChI is InChI=1S/C18H24N2O3S/c1-18(2,3)15-6-4-14(5-7-15)16(11-19)20-17(21)10-13-8-9-24(22,23)12-13/h4-7,13,16H,8-10,12H2,1-3H3,(H,20,21)/t13-,16-/m0/s1. The molecule has 0 aliphatic carbocycles. The van der Waals surface area contributed by atoms with Gasteiger partial charge < -0.3 is 5.32 Å². The molecule has 1 fully saturated rings. The van der Waals surface area contributed by atoms with Gasteiger partial charge in [-0.3, -0.25) is 4.79 Å². The topological polar surface area (TPSA) is 87.0 Å². The predicted octanol–water partition coefficient (Wildman–Crippen LogP) is 2.49. The number of carbonyl (C=O) groups excluding carboxylic acids is 1. The van der Waals surface area contributed by atoms with E-state index in [4.69, 9.17) is 0 Å². The number of nitrogens with one attached hydrogen (secondary N) is 1. The molecule has 1 saturated heterocycles. The first-order chi connectivity index (χ1) is 11.1. The Labute approximate surface area is 144 Å². The first kappa shape index (κ1) is 18.5. The zero-order valence-corrected chi connectivity index (χ0v) is 15.2. The second kappa shape index (κ2) is 6.94. The van der Waals surface area contributed by atoms with Crippen molar-refractivity contribution in [3.8, 4) is 6.07 Å². The number of hydrogen-bond acceptors (Lipinski definition) is 4. The van der Waals surface area contributed by atoms with Gasteiger partial charge in [-0.15, -0.1) is 0 Å². The summed E-state index contributed by atoms with van der Waals surface area (Å²) in [5.41, 5.74) is 1.92. The van der Waals surface area contributed by atoms with Crippen LogP contribution < -0.4 is 5.32 Å². The maximum absolute atomic E-state index is 12.1. The van der Waals surface area contributed by atoms with E-state index in [1.54, 1.807) is 0 Å². The number of amides is 1. The van der Waals surface area contributed by atoms with Crippen LogP contribution >= 0.6 is 0 Å². The molecule has 1 amide bonds. The van der Waals surface area contributed by atoms with Crippen molar-refractivity contribution in [2.24, 2.45) is 5.92 Å². The molecule has 1 aliphatic rings. The van der Waals surface area contributed by atoms with Gasteiger partial charge in [0, 0.05) is 6.42 Å². The quantitative estimate of drug-likeness (QED) is 0.905. The van der Waals surface area contributed by atoms with E-state index in [9.17, 15) is 18.5 Å². The van der Waals surface area contributed by atoms with Crippen molar-refractivity contribution < 1.29 is 13.2 Å². The number of carbonyl (C=O) groups is 1. The zero-order valence-electron chi connectivity index (χ0n) is 14.4. The van der Waals surface area contributed by atoms with Gasteiger partial charge in [0.1, 0.15) is 6.04 Å². The summed E-state index contributed by atoms with van der Waals surface area (Å²) in [6.45, 7) is 6.34. The summed E-state index contributed by atoms with van der Waals surface area (Å²) in [5, 5.41) is 12.0. The maximum atomic E-state index is 12.1. The van der Waals surface area contributed by atoms with Gasteiger partial charge in [-0.2, -0.15) is 5.26 Å². The van der Waals surface area contributed by atoms with Crippen LogP contribution in [0.15, 0.2) is 24.3 Å². The molecule has 0 radical (unpaired) electrons. The summed E-state index contributed by atoms with van der Waals surface area (Å²) in [6, 6.07) is 9.03. The molecule has 1 heterocycles. The average molecular weight is 348 g/mol. The Kier molecular flexibility index (Phi) is 5.34. The molecule has 0 unspecified atom stereocenters. The lowest BCUT2D eigenvalue weighted by molar-refractivity contribution is -0.122. The van der Waals surface area contributed by atoms with Gasteiger partial charge in [0.25, 0.3) is 0 Å². The van der Waals surface area contributed by atoms with Crippen molar-refractivity contribution in [1.29, 1.82) is 5.26 Å². The lowest BCUT2D eigenvalue weighted by Gasteiger charge is -2.20. The summed E-state index contributed by atoms with van der Waals surface area (Å²) in [4.78, 5) is 12.1. The highest BCUT2D eigenvalue weighted by atomic mass is 32.2. The normalized spacial score (nSPS) is 21.0. The molecule has 1 aliphatic heterocycles. The van der Waals surface area contributed by atoms with Crippen LogP contribution in [0.5, 0.6) is 0 Å². The lowest BCUT2D eigenvalue weighted by Crippen LogP contribution is -2.29. The van der Waals surface area contributed by atoms with Crippen molar-refractivity contribution in [3.05, 3.63) is 35.4 Å². The average Bonchev–Trinajstić information content (AvgIpc) is 2.83.